The summed E-state index contributed by atoms with van der Waals surface area (Å²) >= 11 is 4.28. The van der Waals surface area contributed by atoms with Crippen molar-refractivity contribution in [3.05, 3.63) is 29.8 Å². The molecule has 2 rings (SSSR count). The molecule has 1 aromatic rings. The fraction of sp³-hybridized carbons (Fsp3) is 0.500. The lowest BCUT2D eigenvalue weighted by molar-refractivity contribution is 0.0105. The molecule has 0 bridgehead atoms. The van der Waals surface area contributed by atoms with Gasteiger partial charge in [0.1, 0.15) is 0 Å². The second-order valence-electron chi connectivity index (χ2n) is 3.82. The van der Waals surface area contributed by atoms with Crippen LogP contribution in [0, 0.1) is 0 Å². The zero-order valence-electron chi connectivity index (χ0n) is 8.69. The molecule has 0 N–H and O–H groups in total. The highest BCUT2D eigenvalue weighted by Crippen LogP contribution is 2.14. The van der Waals surface area contributed by atoms with Crippen molar-refractivity contribution in [3.8, 4) is 0 Å². The van der Waals surface area contributed by atoms with E-state index >= 15 is 0 Å². The van der Waals surface area contributed by atoms with Gasteiger partial charge in [-0.1, -0.05) is 12.1 Å². The first-order valence-electron chi connectivity index (χ1n) is 5.32. The van der Waals surface area contributed by atoms with E-state index in [2.05, 4.69) is 18.7 Å². The number of hydrogen-bond acceptors (Lipinski definition) is 3. The standard InChI is InChI=1S/C12H16O2S/c15-12-5-1-3-10(7-12)8-13-9-11-4-2-6-14-11/h1,3,5,7,11,15H,2,4,6,8-9H2/t11-/m1/s1. The van der Waals surface area contributed by atoms with Crippen LogP contribution in [0.5, 0.6) is 0 Å². The van der Waals surface area contributed by atoms with E-state index in [-0.39, 0.29) is 0 Å². The monoisotopic (exact) mass is 224 g/mol. The van der Waals surface area contributed by atoms with Gasteiger partial charge >= 0.3 is 0 Å². The molecule has 2 nitrogen and oxygen atoms in total. The first-order chi connectivity index (χ1) is 7.34. The van der Waals surface area contributed by atoms with E-state index < -0.39 is 0 Å². The van der Waals surface area contributed by atoms with Gasteiger partial charge in [0, 0.05) is 11.5 Å². The SMILES string of the molecule is Sc1cccc(COC[C@H]2CCCO2)c1. The van der Waals surface area contributed by atoms with Gasteiger partial charge in [-0.2, -0.15) is 0 Å². The Hall–Kier alpha value is -0.510. The van der Waals surface area contributed by atoms with E-state index in [1.54, 1.807) is 0 Å². The predicted octanol–water partition coefficient (Wildman–Crippen LogP) is 2.67. The summed E-state index contributed by atoms with van der Waals surface area (Å²) in [5.74, 6) is 0. The molecule has 1 saturated heterocycles. The van der Waals surface area contributed by atoms with Crippen molar-refractivity contribution in [1.82, 2.24) is 0 Å². The van der Waals surface area contributed by atoms with Gasteiger partial charge < -0.3 is 9.47 Å². The summed E-state index contributed by atoms with van der Waals surface area (Å²) in [6, 6.07) is 8.04. The number of thiol groups is 1. The molecule has 15 heavy (non-hydrogen) atoms. The molecule has 0 amide bonds. The predicted molar refractivity (Wildman–Crippen MR) is 62.3 cm³/mol. The Morgan fingerprint density at radius 1 is 1.47 bits per heavy atom. The summed E-state index contributed by atoms with van der Waals surface area (Å²) in [4.78, 5) is 0.980. The fourth-order valence-electron chi connectivity index (χ4n) is 1.73. The molecule has 0 spiro atoms. The molecule has 0 unspecified atom stereocenters. The van der Waals surface area contributed by atoms with Gasteiger partial charge in [0.05, 0.1) is 19.3 Å². The third-order valence-corrected chi connectivity index (χ3v) is 2.79. The van der Waals surface area contributed by atoms with Gasteiger partial charge in [-0.15, -0.1) is 12.6 Å². The van der Waals surface area contributed by atoms with Crippen LogP contribution in [0.4, 0.5) is 0 Å². The minimum absolute atomic E-state index is 0.309. The summed E-state index contributed by atoms with van der Waals surface area (Å²) in [5, 5.41) is 0. The Morgan fingerprint density at radius 3 is 3.13 bits per heavy atom. The molecule has 82 valence electrons. The van der Waals surface area contributed by atoms with Crippen LogP contribution in [0.2, 0.25) is 0 Å². The molecular formula is C12H16O2S. The Bertz CT molecular complexity index is 308. The highest BCUT2D eigenvalue weighted by molar-refractivity contribution is 7.80. The second-order valence-corrected chi connectivity index (χ2v) is 4.34. The third kappa shape index (κ3) is 3.52. The average Bonchev–Trinajstić information content (AvgIpc) is 2.71. The van der Waals surface area contributed by atoms with Gasteiger partial charge in [0.25, 0.3) is 0 Å². The van der Waals surface area contributed by atoms with E-state index in [1.807, 2.05) is 18.2 Å². The zero-order chi connectivity index (χ0) is 10.5. The van der Waals surface area contributed by atoms with E-state index in [0.717, 1.165) is 17.9 Å². The normalized spacial score (nSPS) is 20.7. The van der Waals surface area contributed by atoms with Crippen LogP contribution in [0.3, 0.4) is 0 Å². The summed E-state index contributed by atoms with van der Waals surface area (Å²) < 4.78 is 11.1. The molecular weight excluding hydrogens is 208 g/mol. The largest absolute Gasteiger partial charge is 0.376 e. The first-order valence-corrected chi connectivity index (χ1v) is 5.76. The Labute approximate surface area is 96.0 Å². The van der Waals surface area contributed by atoms with E-state index in [0.29, 0.717) is 19.3 Å². The van der Waals surface area contributed by atoms with E-state index in [9.17, 15) is 0 Å². The van der Waals surface area contributed by atoms with Gasteiger partial charge in [-0.05, 0) is 30.5 Å². The zero-order valence-corrected chi connectivity index (χ0v) is 9.58. The Morgan fingerprint density at radius 2 is 2.40 bits per heavy atom. The maximum absolute atomic E-state index is 5.60. The van der Waals surface area contributed by atoms with E-state index in [4.69, 9.17) is 9.47 Å². The fourth-order valence-corrected chi connectivity index (χ4v) is 1.98. The maximum Gasteiger partial charge on any atom is 0.0809 e. The molecule has 0 aliphatic carbocycles. The Balaban J connectivity index is 1.73. The lowest BCUT2D eigenvalue weighted by atomic mass is 10.2. The molecule has 1 aliphatic rings. The highest BCUT2D eigenvalue weighted by Gasteiger charge is 2.14. The van der Waals surface area contributed by atoms with Crippen molar-refractivity contribution in [2.75, 3.05) is 13.2 Å². The van der Waals surface area contributed by atoms with Crippen LogP contribution >= 0.6 is 12.6 Å². The summed E-state index contributed by atoms with van der Waals surface area (Å²) in [6.07, 6.45) is 2.61. The molecule has 1 atom stereocenters. The summed E-state index contributed by atoms with van der Waals surface area (Å²) in [5.41, 5.74) is 1.17. The number of ether oxygens (including phenoxy) is 2. The first kappa shape index (κ1) is 11.0. The number of hydrogen-bond donors (Lipinski definition) is 1. The van der Waals surface area contributed by atoms with Gasteiger partial charge in [0.2, 0.25) is 0 Å². The van der Waals surface area contributed by atoms with Crippen LogP contribution in [-0.4, -0.2) is 19.3 Å². The lowest BCUT2D eigenvalue weighted by Gasteiger charge is -2.10. The van der Waals surface area contributed by atoms with Crippen molar-refractivity contribution in [3.63, 3.8) is 0 Å². The van der Waals surface area contributed by atoms with E-state index in [1.165, 1.54) is 12.0 Å². The van der Waals surface area contributed by atoms with Crippen LogP contribution < -0.4 is 0 Å². The average molecular weight is 224 g/mol. The molecule has 1 aliphatic heterocycles. The van der Waals surface area contributed by atoms with Gasteiger partial charge in [-0.25, -0.2) is 0 Å². The Kier molecular flexibility index (Phi) is 4.06. The molecule has 3 heteroatoms. The van der Waals surface area contributed by atoms with Crippen LogP contribution in [0.25, 0.3) is 0 Å². The van der Waals surface area contributed by atoms with Crippen LogP contribution in [0.15, 0.2) is 29.2 Å². The van der Waals surface area contributed by atoms with Crippen molar-refractivity contribution in [2.45, 2.75) is 30.4 Å². The van der Waals surface area contributed by atoms with Crippen molar-refractivity contribution in [2.24, 2.45) is 0 Å². The molecule has 0 radical (unpaired) electrons. The van der Waals surface area contributed by atoms with Gasteiger partial charge in [0.15, 0.2) is 0 Å². The minimum Gasteiger partial charge on any atom is -0.376 e. The molecule has 0 saturated carbocycles. The minimum atomic E-state index is 0.309. The number of benzene rings is 1. The smallest absolute Gasteiger partial charge is 0.0809 e. The van der Waals surface area contributed by atoms with Crippen molar-refractivity contribution < 1.29 is 9.47 Å². The molecule has 0 aromatic heterocycles. The van der Waals surface area contributed by atoms with Crippen molar-refractivity contribution in [1.29, 1.82) is 0 Å². The number of rotatable bonds is 4. The molecule has 1 aromatic carbocycles. The maximum atomic E-state index is 5.60. The molecule has 1 fully saturated rings. The second kappa shape index (κ2) is 5.54. The van der Waals surface area contributed by atoms with Crippen molar-refractivity contribution >= 4 is 12.6 Å². The van der Waals surface area contributed by atoms with Gasteiger partial charge in [-0.3, -0.25) is 0 Å². The summed E-state index contributed by atoms with van der Waals surface area (Å²) in [7, 11) is 0. The van der Waals surface area contributed by atoms with Crippen LogP contribution in [-0.2, 0) is 16.1 Å². The topological polar surface area (TPSA) is 18.5 Å². The highest BCUT2D eigenvalue weighted by atomic mass is 32.1. The molecule has 1 heterocycles. The third-order valence-electron chi connectivity index (χ3n) is 2.51. The quantitative estimate of drug-likeness (QED) is 0.793. The lowest BCUT2D eigenvalue weighted by Crippen LogP contribution is -2.13. The summed E-state index contributed by atoms with van der Waals surface area (Å²) in [6.45, 7) is 2.24. The van der Waals surface area contributed by atoms with Crippen LogP contribution in [0.1, 0.15) is 18.4 Å².